The maximum atomic E-state index is 12.8. The summed E-state index contributed by atoms with van der Waals surface area (Å²) >= 11 is 12.2. The molecule has 32 heavy (non-hydrogen) atoms. The number of hydrogen-bond donors (Lipinski definition) is 2. The number of nitrogens with one attached hydrogen (secondary N) is 2. The smallest absolute Gasteiger partial charge is 0.258 e. The van der Waals surface area contributed by atoms with Crippen LogP contribution >= 0.6 is 23.2 Å². The van der Waals surface area contributed by atoms with Gasteiger partial charge in [0.05, 0.1) is 15.6 Å². The minimum absolute atomic E-state index is 0.0471. The van der Waals surface area contributed by atoms with Crippen LogP contribution in [0.1, 0.15) is 51.3 Å². The van der Waals surface area contributed by atoms with Crippen molar-refractivity contribution in [2.75, 3.05) is 5.32 Å². The van der Waals surface area contributed by atoms with Crippen LogP contribution < -0.4 is 10.6 Å². The van der Waals surface area contributed by atoms with Gasteiger partial charge in [0.2, 0.25) is 0 Å². The Hall–Kier alpha value is -2.82. The molecule has 166 valence electrons. The Morgan fingerprint density at radius 2 is 1.50 bits per heavy atom. The molecule has 1 unspecified atom stereocenters. The molecule has 0 aliphatic heterocycles. The van der Waals surface area contributed by atoms with Gasteiger partial charge in [-0.1, -0.05) is 66.5 Å². The third-order valence-corrected chi connectivity index (χ3v) is 5.92. The summed E-state index contributed by atoms with van der Waals surface area (Å²) in [6.07, 6.45) is 1.48. The molecule has 0 saturated heterocycles. The van der Waals surface area contributed by atoms with Crippen molar-refractivity contribution in [2.45, 2.75) is 39.7 Å². The molecule has 0 bridgehead atoms. The Morgan fingerprint density at radius 3 is 2.12 bits per heavy atom. The maximum absolute atomic E-state index is 12.8. The van der Waals surface area contributed by atoms with E-state index in [1.165, 1.54) is 0 Å². The lowest BCUT2D eigenvalue weighted by Gasteiger charge is -2.17. The second kappa shape index (κ2) is 10.7. The Morgan fingerprint density at radius 1 is 0.875 bits per heavy atom. The molecule has 3 rings (SSSR count). The normalized spacial score (nSPS) is 11.7. The molecule has 0 spiro atoms. The van der Waals surface area contributed by atoms with E-state index in [0.29, 0.717) is 22.2 Å². The van der Waals surface area contributed by atoms with Crippen molar-refractivity contribution in [3.8, 4) is 0 Å². The lowest BCUT2D eigenvalue weighted by atomic mass is 9.98. The van der Waals surface area contributed by atoms with Gasteiger partial charge in [-0.2, -0.15) is 0 Å². The standard InChI is InChI=1S/C26H26Cl2N2O2/c1-4-19-8-5-7-16(2)23(19)25(31)29-17(3)15-18-11-13-20(14-12-18)30-26(32)24-21(27)9-6-10-22(24)28/h5-14,17H,4,15H2,1-3H3,(H,29,31)(H,30,32). The average Bonchev–Trinajstić information content (AvgIpc) is 2.74. The van der Waals surface area contributed by atoms with E-state index in [-0.39, 0.29) is 23.4 Å². The first kappa shape index (κ1) is 23.8. The summed E-state index contributed by atoms with van der Waals surface area (Å²) in [6, 6.07) is 18.3. The fourth-order valence-corrected chi connectivity index (χ4v) is 4.25. The van der Waals surface area contributed by atoms with Crippen molar-refractivity contribution in [2.24, 2.45) is 0 Å². The Bertz CT molecular complexity index is 1110. The van der Waals surface area contributed by atoms with Gasteiger partial charge in [-0.3, -0.25) is 9.59 Å². The molecule has 6 heteroatoms. The Balaban J connectivity index is 1.62. The third kappa shape index (κ3) is 5.70. The minimum atomic E-state index is -0.362. The van der Waals surface area contributed by atoms with Gasteiger partial charge >= 0.3 is 0 Å². The van der Waals surface area contributed by atoms with Crippen molar-refractivity contribution in [1.29, 1.82) is 0 Å². The van der Waals surface area contributed by atoms with Gasteiger partial charge < -0.3 is 10.6 Å². The van der Waals surface area contributed by atoms with E-state index >= 15 is 0 Å². The number of rotatable bonds is 7. The summed E-state index contributed by atoms with van der Waals surface area (Å²) in [5, 5.41) is 6.52. The first-order valence-electron chi connectivity index (χ1n) is 10.5. The molecular weight excluding hydrogens is 443 g/mol. The van der Waals surface area contributed by atoms with Crippen molar-refractivity contribution in [3.63, 3.8) is 0 Å². The zero-order valence-electron chi connectivity index (χ0n) is 18.3. The summed E-state index contributed by atoms with van der Waals surface area (Å²) in [5.41, 5.74) is 4.73. The summed E-state index contributed by atoms with van der Waals surface area (Å²) in [7, 11) is 0. The van der Waals surface area contributed by atoms with Crippen molar-refractivity contribution in [1.82, 2.24) is 5.32 Å². The lowest BCUT2D eigenvalue weighted by molar-refractivity contribution is 0.0937. The molecule has 0 aliphatic rings. The van der Waals surface area contributed by atoms with E-state index in [4.69, 9.17) is 23.2 Å². The molecule has 1 atom stereocenters. The second-order valence-corrected chi connectivity index (χ2v) is 8.60. The highest BCUT2D eigenvalue weighted by molar-refractivity contribution is 6.40. The molecule has 0 radical (unpaired) electrons. The van der Waals surface area contributed by atoms with Crippen LogP contribution in [0.25, 0.3) is 0 Å². The van der Waals surface area contributed by atoms with E-state index in [1.807, 2.05) is 56.3 Å². The molecule has 0 saturated carbocycles. The molecule has 4 nitrogen and oxygen atoms in total. The first-order chi connectivity index (χ1) is 15.3. The molecular formula is C26H26Cl2N2O2. The predicted molar refractivity (Wildman–Crippen MR) is 132 cm³/mol. The van der Waals surface area contributed by atoms with Gasteiger partial charge in [0.15, 0.2) is 0 Å². The number of anilines is 1. The fraction of sp³-hybridized carbons (Fsp3) is 0.231. The van der Waals surface area contributed by atoms with Gasteiger partial charge in [-0.05, 0) is 67.6 Å². The minimum Gasteiger partial charge on any atom is -0.349 e. The van der Waals surface area contributed by atoms with E-state index in [2.05, 4.69) is 17.6 Å². The van der Waals surface area contributed by atoms with Crippen molar-refractivity contribution in [3.05, 3.63) is 98.5 Å². The van der Waals surface area contributed by atoms with Crippen LogP contribution in [0, 0.1) is 6.92 Å². The fourth-order valence-electron chi connectivity index (χ4n) is 3.68. The molecule has 0 heterocycles. The van der Waals surface area contributed by atoms with Crippen LogP contribution in [0.5, 0.6) is 0 Å². The van der Waals surface area contributed by atoms with Gasteiger partial charge in [0, 0.05) is 17.3 Å². The molecule has 0 fully saturated rings. The molecule has 0 aromatic heterocycles. The van der Waals surface area contributed by atoms with E-state index in [9.17, 15) is 9.59 Å². The SMILES string of the molecule is CCc1cccc(C)c1C(=O)NC(C)Cc1ccc(NC(=O)c2c(Cl)cccc2Cl)cc1. The maximum Gasteiger partial charge on any atom is 0.258 e. The van der Waals surface area contributed by atoms with Crippen LogP contribution in [0.4, 0.5) is 5.69 Å². The van der Waals surface area contributed by atoms with Crippen LogP contribution in [0.2, 0.25) is 10.0 Å². The highest BCUT2D eigenvalue weighted by Gasteiger charge is 2.17. The Labute approximate surface area is 198 Å². The first-order valence-corrected chi connectivity index (χ1v) is 11.3. The highest BCUT2D eigenvalue weighted by atomic mass is 35.5. The third-order valence-electron chi connectivity index (χ3n) is 5.29. The van der Waals surface area contributed by atoms with Crippen LogP contribution in [0.3, 0.4) is 0 Å². The molecule has 2 N–H and O–H groups in total. The molecule has 3 aromatic carbocycles. The average molecular weight is 469 g/mol. The van der Waals surface area contributed by atoms with Gasteiger partial charge in [0.25, 0.3) is 11.8 Å². The lowest BCUT2D eigenvalue weighted by Crippen LogP contribution is -2.35. The van der Waals surface area contributed by atoms with Crippen LogP contribution in [-0.2, 0) is 12.8 Å². The summed E-state index contributed by atoms with van der Waals surface area (Å²) in [6.45, 7) is 5.99. The zero-order valence-corrected chi connectivity index (χ0v) is 19.8. The number of benzene rings is 3. The quantitative estimate of drug-likeness (QED) is 0.416. The topological polar surface area (TPSA) is 58.2 Å². The van der Waals surface area contributed by atoms with Gasteiger partial charge in [0.1, 0.15) is 0 Å². The summed E-state index contributed by atoms with van der Waals surface area (Å²) < 4.78 is 0. The monoisotopic (exact) mass is 468 g/mol. The molecule has 2 amide bonds. The number of amides is 2. The summed E-state index contributed by atoms with van der Waals surface area (Å²) in [4.78, 5) is 25.4. The number of halogens is 2. The van der Waals surface area contributed by atoms with Gasteiger partial charge in [-0.15, -0.1) is 0 Å². The van der Waals surface area contributed by atoms with E-state index in [0.717, 1.165) is 28.7 Å². The van der Waals surface area contributed by atoms with Crippen molar-refractivity contribution >= 4 is 40.7 Å². The van der Waals surface area contributed by atoms with Crippen LogP contribution in [-0.4, -0.2) is 17.9 Å². The Kier molecular flexibility index (Phi) is 7.94. The van der Waals surface area contributed by atoms with Crippen molar-refractivity contribution < 1.29 is 9.59 Å². The van der Waals surface area contributed by atoms with Crippen LogP contribution in [0.15, 0.2) is 60.7 Å². The number of carbonyl (C=O) groups excluding carboxylic acids is 2. The van der Waals surface area contributed by atoms with E-state index < -0.39 is 0 Å². The number of hydrogen-bond acceptors (Lipinski definition) is 2. The summed E-state index contributed by atoms with van der Waals surface area (Å²) in [5.74, 6) is -0.410. The zero-order chi connectivity index (χ0) is 23.3. The molecule has 0 aliphatic carbocycles. The predicted octanol–water partition coefficient (Wildman–Crippen LogP) is 6.48. The number of aryl methyl sites for hydroxylation is 2. The second-order valence-electron chi connectivity index (χ2n) is 7.79. The largest absolute Gasteiger partial charge is 0.349 e. The van der Waals surface area contributed by atoms with Gasteiger partial charge in [-0.25, -0.2) is 0 Å². The highest BCUT2D eigenvalue weighted by Crippen LogP contribution is 2.25. The van der Waals surface area contributed by atoms with E-state index in [1.54, 1.807) is 18.2 Å². The number of carbonyl (C=O) groups is 2. The molecule has 3 aromatic rings.